The molecule has 0 spiro atoms. The van der Waals surface area contributed by atoms with Crippen LogP contribution in [-0.4, -0.2) is 17.4 Å². The minimum Gasteiger partial charge on any atom is -0.331 e. The van der Waals surface area contributed by atoms with E-state index in [-0.39, 0.29) is 17.9 Å². The van der Waals surface area contributed by atoms with Crippen molar-refractivity contribution < 1.29 is 4.79 Å². The summed E-state index contributed by atoms with van der Waals surface area (Å²) in [6.45, 7) is 5.07. The molecule has 3 heteroatoms. The number of benzene rings is 2. The maximum absolute atomic E-state index is 13.4. The first-order valence-corrected chi connectivity index (χ1v) is 10.2. The van der Waals surface area contributed by atoms with Crippen molar-refractivity contribution >= 4 is 17.5 Å². The number of carbonyl (C=O) groups is 1. The highest BCUT2D eigenvalue weighted by molar-refractivity contribution is 6.31. The Kier molecular flexibility index (Phi) is 6.37. The Morgan fingerprint density at radius 3 is 2.50 bits per heavy atom. The van der Waals surface area contributed by atoms with E-state index in [1.807, 2.05) is 18.2 Å². The van der Waals surface area contributed by atoms with E-state index >= 15 is 0 Å². The molecule has 0 fully saturated rings. The molecule has 2 atom stereocenters. The number of hydrogen-bond acceptors (Lipinski definition) is 1. The average Bonchev–Trinajstić information content (AvgIpc) is 2.68. The molecule has 1 aliphatic heterocycles. The first-order chi connectivity index (χ1) is 12.7. The molecule has 138 valence electrons. The molecule has 2 aromatic rings. The van der Waals surface area contributed by atoms with Crippen LogP contribution in [0.5, 0.6) is 0 Å². The van der Waals surface area contributed by atoms with Gasteiger partial charge in [-0.05, 0) is 42.0 Å². The Bertz CT molecular complexity index is 757. The quantitative estimate of drug-likeness (QED) is 0.608. The van der Waals surface area contributed by atoms with Crippen molar-refractivity contribution in [3.05, 3.63) is 70.2 Å². The van der Waals surface area contributed by atoms with E-state index in [1.54, 1.807) is 0 Å². The van der Waals surface area contributed by atoms with Crippen molar-refractivity contribution in [2.75, 3.05) is 6.54 Å². The van der Waals surface area contributed by atoms with Crippen molar-refractivity contribution in [2.24, 2.45) is 5.92 Å². The summed E-state index contributed by atoms with van der Waals surface area (Å²) < 4.78 is 0. The summed E-state index contributed by atoms with van der Waals surface area (Å²) in [5.74, 6) is 0.380. The largest absolute Gasteiger partial charge is 0.331 e. The highest BCUT2D eigenvalue weighted by Gasteiger charge is 2.35. The zero-order valence-corrected chi connectivity index (χ0v) is 16.5. The lowest BCUT2D eigenvalue weighted by Gasteiger charge is -2.40. The van der Waals surface area contributed by atoms with Crippen LogP contribution in [0.2, 0.25) is 5.02 Å². The van der Waals surface area contributed by atoms with Crippen LogP contribution in [0.1, 0.15) is 62.3 Å². The van der Waals surface area contributed by atoms with Crippen LogP contribution in [0.3, 0.4) is 0 Å². The SMILES string of the molecule is CCCC[C@@H](CC)C(=O)N1CCc2ccccc2[C@H]1c1ccccc1Cl. The van der Waals surface area contributed by atoms with Gasteiger partial charge in [-0.15, -0.1) is 0 Å². The van der Waals surface area contributed by atoms with Crippen LogP contribution in [0, 0.1) is 5.92 Å². The van der Waals surface area contributed by atoms with E-state index in [0.717, 1.165) is 49.2 Å². The lowest BCUT2D eigenvalue weighted by molar-refractivity contribution is -0.138. The predicted octanol–water partition coefficient (Wildman–Crippen LogP) is 6.03. The molecule has 0 aliphatic carbocycles. The molecule has 3 rings (SSSR count). The van der Waals surface area contributed by atoms with Gasteiger partial charge < -0.3 is 4.90 Å². The molecule has 0 saturated heterocycles. The van der Waals surface area contributed by atoms with Gasteiger partial charge in [0.1, 0.15) is 0 Å². The molecule has 0 unspecified atom stereocenters. The van der Waals surface area contributed by atoms with Gasteiger partial charge in [-0.1, -0.05) is 80.8 Å². The molecule has 1 aliphatic rings. The van der Waals surface area contributed by atoms with Crippen LogP contribution in [0.25, 0.3) is 0 Å². The van der Waals surface area contributed by atoms with E-state index in [0.29, 0.717) is 0 Å². The van der Waals surface area contributed by atoms with E-state index in [4.69, 9.17) is 11.6 Å². The van der Waals surface area contributed by atoms with Gasteiger partial charge >= 0.3 is 0 Å². The van der Waals surface area contributed by atoms with Gasteiger partial charge in [-0.3, -0.25) is 4.79 Å². The summed E-state index contributed by atoms with van der Waals surface area (Å²) in [7, 11) is 0. The number of halogens is 1. The maximum atomic E-state index is 13.4. The standard InChI is InChI=1S/C23H28ClNO/c1-3-5-10-17(4-2)23(26)25-16-15-18-11-6-7-12-19(18)22(25)20-13-8-9-14-21(20)24/h6-9,11-14,17,22H,3-5,10,15-16H2,1-2H3/t17-,22+/m1/s1. The second-order valence-electron chi connectivity index (χ2n) is 7.15. The van der Waals surface area contributed by atoms with Gasteiger partial charge in [-0.2, -0.15) is 0 Å². The molecule has 2 aromatic carbocycles. The maximum Gasteiger partial charge on any atom is 0.226 e. The van der Waals surface area contributed by atoms with Crippen molar-refractivity contribution in [1.29, 1.82) is 0 Å². The Morgan fingerprint density at radius 2 is 1.81 bits per heavy atom. The molecule has 0 saturated carbocycles. The highest BCUT2D eigenvalue weighted by Crippen LogP contribution is 2.39. The summed E-state index contributed by atoms with van der Waals surface area (Å²) >= 11 is 6.55. The van der Waals surface area contributed by atoms with Crippen molar-refractivity contribution in [3.63, 3.8) is 0 Å². The Hall–Kier alpha value is -1.80. The summed E-state index contributed by atoms with van der Waals surface area (Å²) in [4.78, 5) is 15.5. The Labute approximate surface area is 162 Å². The summed E-state index contributed by atoms with van der Waals surface area (Å²) in [5.41, 5.74) is 3.56. The minimum absolute atomic E-state index is 0.0863. The molecular weight excluding hydrogens is 342 g/mol. The fourth-order valence-corrected chi connectivity index (χ4v) is 4.26. The number of carbonyl (C=O) groups excluding carboxylic acids is 1. The third-order valence-corrected chi connectivity index (χ3v) is 5.86. The van der Waals surface area contributed by atoms with Crippen LogP contribution in [-0.2, 0) is 11.2 Å². The number of fused-ring (bicyclic) bond motifs is 1. The highest BCUT2D eigenvalue weighted by atomic mass is 35.5. The second-order valence-corrected chi connectivity index (χ2v) is 7.56. The van der Waals surface area contributed by atoms with Gasteiger partial charge in [0.15, 0.2) is 0 Å². The third kappa shape index (κ3) is 3.81. The average molecular weight is 370 g/mol. The summed E-state index contributed by atoms with van der Waals surface area (Å²) in [5, 5.41) is 0.730. The fourth-order valence-electron chi connectivity index (χ4n) is 4.02. The fraction of sp³-hybridized carbons (Fsp3) is 0.435. The molecular formula is C23H28ClNO. The van der Waals surface area contributed by atoms with Crippen molar-refractivity contribution in [1.82, 2.24) is 4.90 Å². The van der Waals surface area contributed by atoms with Gasteiger partial charge in [0, 0.05) is 17.5 Å². The summed E-state index contributed by atoms with van der Waals surface area (Å²) in [6, 6.07) is 16.3. The van der Waals surface area contributed by atoms with Crippen molar-refractivity contribution in [2.45, 2.75) is 52.0 Å². The van der Waals surface area contributed by atoms with Crippen LogP contribution < -0.4 is 0 Å². The van der Waals surface area contributed by atoms with Crippen molar-refractivity contribution in [3.8, 4) is 0 Å². The molecule has 0 N–H and O–H groups in total. The monoisotopic (exact) mass is 369 g/mol. The number of unbranched alkanes of at least 4 members (excludes halogenated alkanes) is 1. The Morgan fingerprint density at radius 1 is 1.12 bits per heavy atom. The zero-order valence-electron chi connectivity index (χ0n) is 15.7. The van der Waals surface area contributed by atoms with E-state index < -0.39 is 0 Å². The molecule has 0 radical (unpaired) electrons. The predicted molar refractivity (Wildman–Crippen MR) is 108 cm³/mol. The number of rotatable bonds is 6. The van der Waals surface area contributed by atoms with Gasteiger partial charge in [-0.25, -0.2) is 0 Å². The number of hydrogen-bond donors (Lipinski definition) is 0. The number of amides is 1. The van der Waals surface area contributed by atoms with Crippen LogP contribution >= 0.6 is 11.6 Å². The lowest BCUT2D eigenvalue weighted by atomic mass is 9.86. The normalized spacial score (nSPS) is 17.7. The van der Waals surface area contributed by atoms with Crippen LogP contribution in [0.15, 0.2) is 48.5 Å². The molecule has 0 bridgehead atoms. The molecule has 1 heterocycles. The molecule has 26 heavy (non-hydrogen) atoms. The smallest absolute Gasteiger partial charge is 0.226 e. The van der Waals surface area contributed by atoms with Gasteiger partial charge in [0.2, 0.25) is 5.91 Å². The minimum atomic E-state index is -0.0863. The first-order valence-electron chi connectivity index (χ1n) is 9.80. The topological polar surface area (TPSA) is 20.3 Å². The van der Waals surface area contributed by atoms with E-state index in [1.165, 1.54) is 11.1 Å². The number of nitrogens with zero attached hydrogens (tertiary/aromatic N) is 1. The molecule has 2 nitrogen and oxygen atoms in total. The summed E-state index contributed by atoms with van der Waals surface area (Å²) in [6.07, 6.45) is 5.00. The second kappa shape index (κ2) is 8.73. The van der Waals surface area contributed by atoms with E-state index in [2.05, 4.69) is 49.1 Å². The third-order valence-electron chi connectivity index (χ3n) is 5.51. The lowest BCUT2D eigenvalue weighted by Crippen LogP contribution is -2.43. The molecule has 0 aromatic heterocycles. The van der Waals surface area contributed by atoms with E-state index in [9.17, 15) is 4.79 Å². The zero-order chi connectivity index (χ0) is 18.5. The first kappa shape index (κ1) is 19.0. The van der Waals surface area contributed by atoms with Crippen LogP contribution in [0.4, 0.5) is 0 Å². The van der Waals surface area contributed by atoms with Gasteiger partial charge in [0.25, 0.3) is 0 Å². The Balaban J connectivity index is 2.01. The van der Waals surface area contributed by atoms with Gasteiger partial charge in [0.05, 0.1) is 6.04 Å². The molecule has 1 amide bonds.